The summed E-state index contributed by atoms with van der Waals surface area (Å²) in [5, 5.41) is 3.31. The molecule has 1 saturated heterocycles. The van der Waals surface area contributed by atoms with Crippen LogP contribution in [-0.2, 0) is 14.3 Å². The molecule has 1 atom stereocenters. The Bertz CT molecular complexity index is 352. The number of rotatable bonds is 5. The molecule has 0 aliphatic carbocycles. The second-order valence-electron chi connectivity index (χ2n) is 4.34. The highest BCUT2D eigenvalue weighted by atomic mass is 16.5. The molecule has 1 heterocycles. The molecule has 18 heavy (non-hydrogen) atoms. The van der Waals surface area contributed by atoms with Crippen molar-refractivity contribution in [1.82, 2.24) is 10.0 Å². The first-order chi connectivity index (χ1) is 8.52. The van der Waals surface area contributed by atoms with Crippen LogP contribution in [0.15, 0.2) is 25.3 Å². The average Bonchev–Trinajstić information content (AvgIpc) is 2.38. The molecule has 0 aromatic carbocycles. The molecule has 1 fully saturated rings. The number of amides is 1. The Morgan fingerprint density at radius 3 is 2.56 bits per heavy atom. The van der Waals surface area contributed by atoms with Crippen molar-refractivity contribution in [3.63, 3.8) is 0 Å². The molecular formula is C13H20N2O3. The van der Waals surface area contributed by atoms with Crippen molar-refractivity contribution in [2.45, 2.75) is 25.9 Å². The van der Waals surface area contributed by atoms with Crippen molar-refractivity contribution >= 4 is 11.7 Å². The Kier molecular flexibility index (Phi) is 5.25. The van der Waals surface area contributed by atoms with Crippen LogP contribution >= 0.6 is 0 Å². The summed E-state index contributed by atoms with van der Waals surface area (Å²) in [5.41, 5.74) is 0. The second-order valence-corrected chi connectivity index (χ2v) is 4.34. The van der Waals surface area contributed by atoms with E-state index in [4.69, 9.17) is 4.74 Å². The topological polar surface area (TPSA) is 49.9 Å². The van der Waals surface area contributed by atoms with Gasteiger partial charge in [0.1, 0.15) is 6.04 Å². The number of ketones is 1. The van der Waals surface area contributed by atoms with E-state index in [2.05, 4.69) is 13.2 Å². The Labute approximate surface area is 108 Å². The van der Waals surface area contributed by atoms with E-state index >= 15 is 0 Å². The van der Waals surface area contributed by atoms with E-state index in [1.54, 1.807) is 10.0 Å². The monoisotopic (exact) mass is 252 g/mol. The summed E-state index contributed by atoms with van der Waals surface area (Å²) in [6.45, 7) is 12.0. The van der Waals surface area contributed by atoms with E-state index in [1.165, 1.54) is 12.2 Å². The lowest BCUT2D eigenvalue weighted by atomic mass is 10.1. The summed E-state index contributed by atoms with van der Waals surface area (Å²) in [6.07, 6.45) is 2.52. The summed E-state index contributed by atoms with van der Waals surface area (Å²) >= 11 is 0. The van der Waals surface area contributed by atoms with E-state index in [0.29, 0.717) is 13.2 Å². The molecule has 0 radical (unpaired) electrons. The first-order valence-electron chi connectivity index (χ1n) is 5.99. The number of hydrogen-bond donors (Lipinski definition) is 0. The van der Waals surface area contributed by atoms with Crippen molar-refractivity contribution < 1.29 is 14.3 Å². The maximum absolute atomic E-state index is 11.9. The molecule has 1 unspecified atom stereocenters. The molecule has 0 aromatic rings. The molecule has 1 aliphatic heterocycles. The number of carbonyl (C=O) groups is 2. The van der Waals surface area contributed by atoms with E-state index in [0.717, 1.165) is 0 Å². The van der Waals surface area contributed by atoms with Crippen LogP contribution < -0.4 is 0 Å². The molecule has 0 bridgehead atoms. The van der Waals surface area contributed by atoms with Gasteiger partial charge in [-0.15, -0.1) is 0 Å². The fourth-order valence-electron chi connectivity index (χ4n) is 1.99. The highest BCUT2D eigenvalue weighted by molar-refractivity contribution is 5.94. The van der Waals surface area contributed by atoms with Crippen molar-refractivity contribution in [3.8, 4) is 0 Å². The second kappa shape index (κ2) is 6.47. The summed E-state index contributed by atoms with van der Waals surface area (Å²) in [5.74, 6) is -0.356. The van der Waals surface area contributed by atoms with E-state index < -0.39 is 6.04 Å². The van der Waals surface area contributed by atoms with Crippen molar-refractivity contribution in [2.24, 2.45) is 0 Å². The van der Waals surface area contributed by atoms with Gasteiger partial charge in [0.25, 0.3) is 5.91 Å². The smallest absolute Gasteiger partial charge is 0.260 e. The predicted molar refractivity (Wildman–Crippen MR) is 68.7 cm³/mol. The molecule has 0 spiro atoms. The molecule has 0 saturated carbocycles. The summed E-state index contributed by atoms with van der Waals surface area (Å²) in [6, 6.07) is -0.531. The number of morpholine rings is 1. The minimum absolute atomic E-state index is 0.0475. The van der Waals surface area contributed by atoms with Crippen LogP contribution in [0.4, 0.5) is 0 Å². The van der Waals surface area contributed by atoms with Crippen molar-refractivity contribution in [2.75, 3.05) is 19.8 Å². The molecule has 100 valence electrons. The fourth-order valence-corrected chi connectivity index (χ4v) is 1.99. The molecule has 1 rings (SSSR count). The zero-order valence-corrected chi connectivity index (χ0v) is 11.0. The molecule has 0 N–H and O–H groups in total. The third-order valence-electron chi connectivity index (χ3n) is 2.80. The minimum atomic E-state index is -0.484. The minimum Gasteiger partial charge on any atom is -0.378 e. The Balaban J connectivity index is 2.98. The number of carbonyl (C=O) groups excluding carboxylic acids is 2. The number of hydrazine groups is 1. The van der Waals surface area contributed by atoms with Gasteiger partial charge in [-0.05, 0) is 26.0 Å². The predicted octanol–water partition coefficient (Wildman–Crippen LogP) is 0.780. The van der Waals surface area contributed by atoms with Gasteiger partial charge in [0.2, 0.25) is 0 Å². The van der Waals surface area contributed by atoms with Gasteiger partial charge in [-0.25, -0.2) is 5.01 Å². The summed E-state index contributed by atoms with van der Waals surface area (Å²) in [7, 11) is 0. The van der Waals surface area contributed by atoms with Gasteiger partial charge >= 0.3 is 0 Å². The van der Waals surface area contributed by atoms with Gasteiger partial charge in [-0.1, -0.05) is 13.2 Å². The molecule has 0 aromatic heterocycles. The zero-order chi connectivity index (χ0) is 13.7. The lowest BCUT2D eigenvalue weighted by Crippen LogP contribution is -2.60. The molecule has 5 heteroatoms. The molecule has 1 amide bonds. The highest BCUT2D eigenvalue weighted by Gasteiger charge is 2.34. The van der Waals surface area contributed by atoms with E-state index in [1.807, 2.05) is 13.8 Å². The maximum atomic E-state index is 11.9. The summed E-state index contributed by atoms with van der Waals surface area (Å²) in [4.78, 5) is 23.7. The zero-order valence-electron chi connectivity index (χ0n) is 11.0. The Morgan fingerprint density at radius 2 is 2.06 bits per heavy atom. The van der Waals surface area contributed by atoms with Crippen LogP contribution in [0.3, 0.4) is 0 Å². The van der Waals surface area contributed by atoms with Crippen LogP contribution in [0.25, 0.3) is 0 Å². The largest absolute Gasteiger partial charge is 0.378 e. The van der Waals surface area contributed by atoms with Crippen LogP contribution in [-0.4, -0.2) is 53.6 Å². The normalized spacial score (nSPS) is 20.5. The highest BCUT2D eigenvalue weighted by Crippen LogP contribution is 2.15. The lowest BCUT2D eigenvalue weighted by Gasteiger charge is -2.43. The Morgan fingerprint density at radius 1 is 1.39 bits per heavy atom. The van der Waals surface area contributed by atoms with Gasteiger partial charge in [0.15, 0.2) is 5.78 Å². The fraction of sp³-hybridized carbons (Fsp3) is 0.538. The third-order valence-corrected chi connectivity index (χ3v) is 2.80. The van der Waals surface area contributed by atoms with Gasteiger partial charge in [-0.2, -0.15) is 0 Å². The van der Waals surface area contributed by atoms with Gasteiger partial charge in [0, 0.05) is 12.6 Å². The van der Waals surface area contributed by atoms with E-state index in [-0.39, 0.29) is 24.3 Å². The van der Waals surface area contributed by atoms with Crippen LogP contribution in [0.5, 0.6) is 0 Å². The van der Waals surface area contributed by atoms with Gasteiger partial charge in [0.05, 0.1) is 13.2 Å². The first kappa shape index (κ1) is 14.6. The standard InChI is InChI=1S/C13H20N2O3/c1-5-12(16)11-9-18-8-7-14(11)15(10(3)4)13(17)6-2/h5-6,10-11H,1-2,7-9H2,3-4H3. The van der Waals surface area contributed by atoms with Crippen molar-refractivity contribution in [3.05, 3.63) is 25.3 Å². The SMILES string of the molecule is C=CC(=O)C1COCCN1N(C(=O)C=C)C(C)C. The van der Waals surface area contributed by atoms with Gasteiger partial charge < -0.3 is 4.74 Å². The molecule has 5 nitrogen and oxygen atoms in total. The number of hydrogen-bond acceptors (Lipinski definition) is 4. The number of nitrogens with zero attached hydrogens (tertiary/aromatic N) is 2. The first-order valence-corrected chi connectivity index (χ1v) is 5.99. The third kappa shape index (κ3) is 3.05. The van der Waals surface area contributed by atoms with Gasteiger partial charge in [-0.3, -0.25) is 14.6 Å². The lowest BCUT2D eigenvalue weighted by molar-refractivity contribution is -0.171. The maximum Gasteiger partial charge on any atom is 0.260 e. The Hall–Kier alpha value is -1.46. The summed E-state index contributed by atoms with van der Waals surface area (Å²) < 4.78 is 5.30. The average molecular weight is 252 g/mol. The van der Waals surface area contributed by atoms with Crippen LogP contribution in [0, 0.1) is 0 Å². The molecule has 1 aliphatic rings. The molecular weight excluding hydrogens is 232 g/mol. The van der Waals surface area contributed by atoms with Crippen molar-refractivity contribution in [1.29, 1.82) is 0 Å². The quantitative estimate of drug-likeness (QED) is 0.678. The van der Waals surface area contributed by atoms with E-state index in [9.17, 15) is 9.59 Å². The van der Waals surface area contributed by atoms with Crippen LogP contribution in [0.2, 0.25) is 0 Å². The van der Waals surface area contributed by atoms with Crippen LogP contribution in [0.1, 0.15) is 13.8 Å². The number of ether oxygens (including phenoxy) is 1.